The Balaban J connectivity index is 1.19. The van der Waals surface area contributed by atoms with Crippen molar-refractivity contribution in [3.8, 4) is 44.5 Å². The number of benzene rings is 10. The van der Waals surface area contributed by atoms with Crippen molar-refractivity contribution in [3.05, 3.63) is 194 Å². The van der Waals surface area contributed by atoms with E-state index in [1.165, 1.54) is 98.4 Å². The van der Waals surface area contributed by atoms with Gasteiger partial charge in [0, 0.05) is 0 Å². The van der Waals surface area contributed by atoms with E-state index in [4.69, 9.17) is 0 Å². The average molecular weight is 633 g/mol. The predicted octanol–water partition coefficient (Wildman–Crippen LogP) is 14.1. The third kappa shape index (κ3) is 4.54. The molecule has 50 heavy (non-hydrogen) atoms. The van der Waals surface area contributed by atoms with Gasteiger partial charge in [-0.1, -0.05) is 188 Å². The van der Waals surface area contributed by atoms with Crippen molar-refractivity contribution in [2.45, 2.75) is 0 Å². The molecule has 0 spiro atoms. The Labute approximate surface area is 291 Å². The van der Waals surface area contributed by atoms with E-state index in [0.29, 0.717) is 0 Å². The van der Waals surface area contributed by atoms with Gasteiger partial charge in [0.15, 0.2) is 0 Å². The molecule has 0 aliphatic rings. The van der Waals surface area contributed by atoms with Gasteiger partial charge in [-0.3, -0.25) is 0 Å². The van der Waals surface area contributed by atoms with Crippen molar-refractivity contribution in [2.24, 2.45) is 0 Å². The second kappa shape index (κ2) is 11.6. The maximum absolute atomic E-state index is 2.38. The van der Waals surface area contributed by atoms with Crippen LogP contribution >= 0.6 is 0 Å². The van der Waals surface area contributed by atoms with Crippen molar-refractivity contribution in [1.82, 2.24) is 0 Å². The van der Waals surface area contributed by atoms with Gasteiger partial charge in [-0.2, -0.15) is 0 Å². The molecule has 0 saturated carbocycles. The van der Waals surface area contributed by atoms with E-state index in [9.17, 15) is 0 Å². The first-order chi connectivity index (χ1) is 24.8. The Morgan fingerprint density at radius 3 is 1.32 bits per heavy atom. The lowest BCUT2D eigenvalue weighted by molar-refractivity contribution is 1.60. The molecule has 0 unspecified atom stereocenters. The van der Waals surface area contributed by atoms with E-state index < -0.39 is 0 Å². The maximum atomic E-state index is 2.38. The maximum Gasteiger partial charge on any atom is -0.00201 e. The van der Waals surface area contributed by atoms with E-state index in [1.54, 1.807) is 0 Å². The van der Waals surface area contributed by atoms with Crippen molar-refractivity contribution < 1.29 is 0 Å². The molecule has 0 saturated heterocycles. The molecular formula is C50H32. The molecular weight excluding hydrogens is 601 g/mol. The molecule has 0 amide bonds. The van der Waals surface area contributed by atoms with Crippen LogP contribution in [0.2, 0.25) is 0 Å². The predicted molar refractivity (Wildman–Crippen MR) is 216 cm³/mol. The molecule has 0 aliphatic heterocycles. The van der Waals surface area contributed by atoms with Crippen LogP contribution in [0.5, 0.6) is 0 Å². The van der Waals surface area contributed by atoms with Crippen LogP contribution in [0, 0.1) is 0 Å². The first kappa shape index (κ1) is 28.5. The van der Waals surface area contributed by atoms with Gasteiger partial charge in [0.05, 0.1) is 0 Å². The molecule has 10 aromatic rings. The summed E-state index contributed by atoms with van der Waals surface area (Å²) in [6, 6.07) is 71.3. The van der Waals surface area contributed by atoms with Crippen molar-refractivity contribution in [3.63, 3.8) is 0 Å². The summed E-state index contributed by atoms with van der Waals surface area (Å²) in [5, 5.41) is 12.7. The zero-order valence-electron chi connectivity index (χ0n) is 27.5. The van der Waals surface area contributed by atoms with E-state index in [-0.39, 0.29) is 0 Å². The first-order valence-corrected chi connectivity index (χ1v) is 17.4. The molecule has 0 radical (unpaired) electrons. The average Bonchev–Trinajstić information content (AvgIpc) is 3.20. The van der Waals surface area contributed by atoms with Gasteiger partial charge in [0.1, 0.15) is 0 Å². The van der Waals surface area contributed by atoms with Gasteiger partial charge < -0.3 is 0 Å². The standard InChI is InChI=1S/C50H32/c1-2-12-33(13-3-1)34-22-24-36(25-23-34)40-30-31-48(43-17-7-6-16-42(40)43)50-46-20-10-8-18-44(46)49(45-19-9-11-21-47(45)50)38-28-29-41-37(32-38)27-26-35-14-4-5-15-39(35)41/h1-32H. The summed E-state index contributed by atoms with van der Waals surface area (Å²) in [6.07, 6.45) is 0. The third-order valence-corrected chi connectivity index (χ3v) is 10.5. The van der Waals surface area contributed by atoms with Crippen LogP contribution in [0.25, 0.3) is 98.4 Å². The lowest BCUT2D eigenvalue weighted by Crippen LogP contribution is -1.92. The summed E-state index contributed by atoms with van der Waals surface area (Å²) < 4.78 is 0. The van der Waals surface area contributed by atoms with Gasteiger partial charge in [-0.25, -0.2) is 0 Å². The van der Waals surface area contributed by atoms with E-state index in [0.717, 1.165) is 0 Å². The summed E-state index contributed by atoms with van der Waals surface area (Å²) in [6.45, 7) is 0. The Kier molecular flexibility index (Phi) is 6.60. The summed E-state index contributed by atoms with van der Waals surface area (Å²) in [5.74, 6) is 0. The monoisotopic (exact) mass is 632 g/mol. The van der Waals surface area contributed by atoms with Gasteiger partial charge in [-0.15, -0.1) is 0 Å². The second-order valence-electron chi connectivity index (χ2n) is 13.2. The van der Waals surface area contributed by atoms with E-state index >= 15 is 0 Å². The van der Waals surface area contributed by atoms with Crippen LogP contribution in [0.1, 0.15) is 0 Å². The quantitative estimate of drug-likeness (QED) is 0.134. The lowest BCUT2D eigenvalue weighted by Gasteiger charge is -2.20. The molecule has 232 valence electrons. The molecule has 0 bridgehead atoms. The largest absolute Gasteiger partial charge is 0.0622 e. The van der Waals surface area contributed by atoms with Gasteiger partial charge in [0.2, 0.25) is 0 Å². The highest BCUT2D eigenvalue weighted by molar-refractivity contribution is 6.24. The minimum absolute atomic E-state index is 1.22. The number of hydrogen-bond acceptors (Lipinski definition) is 0. The number of fused-ring (bicyclic) bond motifs is 6. The Hall–Kier alpha value is -6.50. The van der Waals surface area contributed by atoms with Gasteiger partial charge in [-0.05, 0) is 104 Å². The van der Waals surface area contributed by atoms with Crippen molar-refractivity contribution >= 4 is 53.9 Å². The first-order valence-electron chi connectivity index (χ1n) is 17.4. The Morgan fingerprint density at radius 2 is 0.640 bits per heavy atom. The smallest absolute Gasteiger partial charge is 0.00201 e. The molecule has 0 aromatic heterocycles. The summed E-state index contributed by atoms with van der Waals surface area (Å²) in [5.41, 5.74) is 10.0. The van der Waals surface area contributed by atoms with Crippen molar-refractivity contribution in [1.29, 1.82) is 0 Å². The van der Waals surface area contributed by atoms with Crippen LogP contribution in [0.3, 0.4) is 0 Å². The van der Waals surface area contributed by atoms with Crippen LogP contribution in [0.4, 0.5) is 0 Å². The van der Waals surface area contributed by atoms with Crippen LogP contribution in [-0.2, 0) is 0 Å². The molecule has 0 nitrogen and oxygen atoms in total. The SMILES string of the molecule is c1ccc(-c2ccc(-c3ccc(-c4c5ccccc5c(-c5ccc6c(ccc7ccccc76)c5)c5ccccc45)c4ccccc34)cc2)cc1. The van der Waals surface area contributed by atoms with E-state index in [2.05, 4.69) is 194 Å². The number of rotatable bonds is 4. The van der Waals surface area contributed by atoms with Crippen molar-refractivity contribution in [2.75, 3.05) is 0 Å². The molecule has 10 rings (SSSR count). The lowest BCUT2D eigenvalue weighted by atomic mass is 9.83. The molecule has 0 aliphatic carbocycles. The van der Waals surface area contributed by atoms with Crippen LogP contribution in [0.15, 0.2) is 194 Å². The fourth-order valence-corrected chi connectivity index (χ4v) is 8.14. The van der Waals surface area contributed by atoms with Gasteiger partial charge >= 0.3 is 0 Å². The normalized spacial score (nSPS) is 11.6. The zero-order valence-corrected chi connectivity index (χ0v) is 27.5. The van der Waals surface area contributed by atoms with E-state index in [1.807, 2.05) is 0 Å². The molecule has 0 heteroatoms. The highest BCUT2D eigenvalue weighted by atomic mass is 14.2. The summed E-state index contributed by atoms with van der Waals surface area (Å²) >= 11 is 0. The topological polar surface area (TPSA) is 0 Å². The second-order valence-corrected chi connectivity index (χ2v) is 13.2. The fourth-order valence-electron chi connectivity index (χ4n) is 8.14. The highest BCUT2D eigenvalue weighted by Gasteiger charge is 2.19. The Bertz CT molecular complexity index is 2840. The minimum Gasteiger partial charge on any atom is -0.0622 e. The zero-order chi connectivity index (χ0) is 33.0. The molecule has 0 fully saturated rings. The Morgan fingerprint density at radius 1 is 0.200 bits per heavy atom. The number of hydrogen-bond donors (Lipinski definition) is 0. The van der Waals surface area contributed by atoms with Crippen LogP contribution < -0.4 is 0 Å². The fraction of sp³-hybridized carbons (Fsp3) is 0. The minimum atomic E-state index is 1.22. The molecule has 10 aromatic carbocycles. The molecule has 0 heterocycles. The molecule has 0 N–H and O–H groups in total. The van der Waals surface area contributed by atoms with Gasteiger partial charge in [0.25, 0.3) is 0 Å². The molecule has 0 atom stereocenters. The highest BCUT2D eigenvalue weighted by Crippen LogP contribution is 2.47. The summed E-state index contributed by atoms with van der Waals surface area (Å²) in [7, 11) is 0. The third-order valence-electron chi connectivity index (χ3n) is 10.5. The van der Waals surface area contributed by atoms with Crippen LogP contribution in [-0.4, -0.2) is 0 Å². The summed E-state index contributed by atoms with van der Waals surface area (Å²) in [4.78, 5) is 0.